The molecule has 2 aliphatic heterocycles. The van der Waals surface area contributed by atoms with E-state index >= 15 is 0 Å². The summed E-state index contributed by atoms with van der Waals surface area (Å²) in [5, 5.41) is 5.71. The van der Waals surface area contributed by atoms with Gasteiger partial charge in [-0.1, -0.05) is 24.3 Å². The van der Waals surface area contributed by atoms with E-state index in [1.54, 1.807) is 13.1 Å². The standard InChI is InChI=1S/C23H23N3O4/c1-25-23(28)17-6-3-2-5-16(17)18(24-25)14-22(27)26-10-4-7-19(26)15-8-9-20-21(13-15)30-12-11-29-20/h2-3,5-6,8-9,13,19H,4,7,10-12,14H2,1H3/t19-/m0/s1. The van der Waals surface area contributed by atoms with Crippen LogP contribution < -0.4 is 15.0 Å². The molecule has 1 amide bonds. The highest BCUT2D eigenvalue weighted by molar-refractivity contribution is 5.88. The zero-order valence-corrected chi connectivity index (χ0v) is 16.8. The molecule has 0 saturated carbocycles. The minimum Gasteiger partial charge on any atom is -0.486 e. The Morgan fingerprint density at radius 3 is 2.70 bits per heavy atom. The summed E-state index contributed by atoms with van der Waals surface area (Å²) < 4.78 is 12.6. The van der Waals surface area contributed by atoms with Crippen molar-refractivity contribution in [3.63, 3.8) is 0 Å². The van der Waals surface area contributed by atoms with Crippen LogP contribution >= 0.6 is 0 Å². The predicted molar refractivity (Wildman–Crippen MR) is 112 cm³/mol. The Hall–Kier alpha value is -3.35. The van der Waals surface area contributed by atoms with Crippen molar-refractivity contribution < 1.29 is 14.3 Å². The Balaban J connectivity index is 1.43. The molecule has 0 bridgehead atoms. The molecule has 0 spiro atoms. The summed E-state index contributed by atoms with van der Waals surface area (Å²) in [5.74, 6) is 1.51. The summed E-state index contributed by atoms with van der Waals surface area (Å²) >= 11 is 0. The highest BCUT2D eigenvalue weighted by Gasteiger charge is 2.31. The van der Waals surface area contributed by atoms with Gasteiger partial charge in [0, 0.05) is 19.0 Å². The number of carbonyl (C=O) groups excluding carboxylic acids is 1. The first-order chi connectivity index (χ1) is 14.6. The molecule has 0 N–H and O–H groups in total. The lowest BCUT2D eigenvalue weighted by atomic mass is 10.0. The zero-order chi connectivity index (χ0) is 20.7. The molecular formula is C23H23N3O4. The SMILES string of the molecule is Cn1nc(CC(=O)N2CCC[C@H]2c2ccc3c(c2)OCCO3)c2ccccc2c1=O. The number of amides is 1. The van der Waals surface area contributed by atoms with Crippen molar-refractivity contribution >= 4 is 16.7 Å². The Morgan fingerprint density at radius 1 is 1.10 bits per heavy atom. The van der Waals surface area contributed by atoms with Gasteiger partial charge >= 0.3 is 0 Å². The van der Waals surface area contributed by atoms with Crippen molar-refractivity contribution in [3.05, 3.63) is 64.1 Å². The number of benzene rings is 2. The van der Waals surface area contributed by atoms with E-state index in [2.05, 4.69) is 5.10 Å². The molecule has 154 valence electrons. The van der Waals surface area contributed by atoms with Crippen molar-refractivity contribution in [2.75, 3.05) is 19.8 Å². The quantitative estimate of drug-likeness (QED) is 0.670. The number of nitrogens with zero attached hydrogens (tertiary/aromatic N) is 3. The van der Waals surface area contributed by atoms with E-state index in [-0.39, 0.29) is 23.9 Å². The molecule has 30 heavy (non-hydrogen) atoms. The summed E-state index contributed by atoms with van der Waals surface area (Å²) in [6.45, 7) is 1.80. The van der Waals surface area contributed by atoms with Gasteiger partial charge in [0.05, 0.1) is 23.5 Å². The van der Waals surface area contributed by atoms with Crippen molar-refractivity contribution in [1.82, 2.24) is 14.7 Å². The molecule has 3 aromatic rings. The maximum atomic E-state index is 13.3. The fraction of sp³-hybridized carbons (Fsp3) is 0.348. The number of likely N-dealkylation sites (tertiary alicyclic amines) is 1. The van der Waals surface area contributed by atoms with E-state index in [0.717, 1.165) is 35.3 Å². The third-order valence-electron chi connectivity index (χ3n) is 5.88. The number of aryl methyl sites for hydroxylation is 1. The fourth-order valence-corrected chi connectivity index (χ4v) is 4.43. The zero-order valence-electron chi connectivity index (χ0n) is 16.8. The second kappa shape index (κ2) is 7.48. The van der Waals surface area contributed by atoms with Gasteiger partial charge in [0.25, 0.3) is 5.56 Å². The van der Waals surface area contributed by atoms with Gasteiger partial charge in [0.1, 0.15) is 13.2 Å². The number of aromatic nitrogens is 2. The maximum Gasteiger partial charge on any atom is 0.274 e. The largest absolute Gasteiger partial charge is 0.486 e. The van der Waals surface area contributed by atoms with Crippen molar-refractivity contribution in [3.8, 4) is 11.5 Å². The van der Waals surface area contributed by atoms with Gasteiger partial charge in [-0.3, -0.25) is 9.59 Å². The molecule has 5 rings (SSSR count). The smallest absolute Gasteiger partial charge is 0.274 e. The number of ether oxygens (including phenoxy) is 2. The van der Waals surface area contributed by atoms with E-state index in [4.69, 9.17) is 9.47 Å². The first-order valence-corrected chi connectivity index (χ1v) is 10.3. The third-order valence-corrected chi connectivity index (χ3v) is 5.88. The van der Waals surface area contributed by atoms with E-state index in [1.165, 1.54) is 4.68 Å². The Morgan fingerprint density at radius 2 is 1.87 bits per heavy atom. The van der Waals surface area contributed by atoms with E-state index in [0.29, 0.717) is 30.8 Å². The lowest BCUT2D eigenvalue weighted by Crippen LogP contribution is -2.33. The minimum absolute atomic E-state index is 0.00659. The van der Waals surface area contributed by atoms with Crippen LogP contribution in [0.25, 0.3) is 10.8 Å². The lowest BCUT2D eigenvalue weighted by molar-refractivity contribution is -0.131. The topological polar surface area (TPSA) is 73.7 Å². The van der Waals surface area contributed by atoms with Crippen LogP contribution in [0.2, 0.25) is 0 Å². The number of carbonyl (C=O) groups is 1. The van der Waals surface area contributed by atoms with Gasteiger partial charge in [-0.05, 0) is 36.6 Å². The van der Waals surface area contributed by atoms with Crippen LogP contribution in [0.3, 0.4) is 0 Å². The number of rotatable bonds is 3. The van der Waals surface area contributed by atoms with E-state index in [9.17, 15) is 9.59 Å². The second-order valence-electron chi connectivity index (χ2n) is 7.75. The lowest BCUT2D eigenvalue weighted by Gasteiger charge is -2.27. The third kappa shape index (κ3) is 3.20. The minimum atomic E-state index is -0.155. The molecule has 0 unspecified atom stereocenters. The molecule has 1 fully saturated rings. The van der Waals surface area contributed by atoms with Crippen LogP contribution in [0, 0.1) is 0 Å². The first kappa shape index (κ1) is 18.7. The van der Waals surface area contributed by atoms with E-state index < -0.39 is 0 Å². The molecule has 0 radical (unpaired) electrons. The average Bonchev–Trinajstić information content (AvgIpc) is 3.27. The van der Waals surface area contributed by atoms with Crippen LogP contribution in [0.1, 0.15) is 30.1 Å². The second-order valence-corrected chi connectivity index (χ2v) is 7.75. The van der Waals surface area contributed by atoms with E-state index in [1.807, 2.05) is 41.3 Å². The number of hydrogen-bond donors (Lipinski definition) is 0. The van der Waals surface area contributed by atoms with Gasteiger partial charge in [-0.15, -0.1) is 0 Å². The number of hydrogen-bond acceptors (Lipinski definition) is 5. The molecule has 7 heteroatoms. The van der Waals surface area contributed by atoms with Gasteiger partial charge in [0.2, 0.25) is 5.91 Å². The normalized spacial score (nSPS) is 18.0. The van der Waals surface area contributed by atoms with Crippen molar-refractivity contribution in [2.45, 2.75) is 25.3 Å². The highest BCUT2D eigenvalue weighted by atomic mass is 16.6. The number of fused-ring (bicyclic) bond motifs is 2. The average molecular weight is 405 g/mol. The molecule has 3 heterocycles. The molecule has 1 saturated heterocycles. The molecule has 2 aromatic carbocycles. The van der Waals surface area contributed by atoms with Crippen LogP contribution in [-0.2, 0) is 18.3 Å². The van der Waals surface area contributed by atoms with Crippen molar-refractivity contribution in [1.29, 1.82) is 0 Å². The summed E-state index contributed by atoms with van der Waals surface area (Å²) in [7, 11) is 1.62. The Kier molecular flexibility index (Phi) is 4.65. The Bertz CT molecular complexity index is 1190. The van der Waals surface area contributed by atoms with Crippen LogP contribution in [-0.4, -0.2) is 40.3 Å². The summed E-state index contributed by atoms with van der Waals surface area (Å²) in [6.07, 6.45) is 2.02. The monoisotopic (exact) mass is 405 g/mol. The van der Waals surface area contributed by atoms with Crippen LogP contribution in [0.15, 0.2) is 47.3 Å². The van der Waals surface area contributed by atoms with Gasteiger partial charge < -0.3 is 14.4 Å². The summed E-state index contributed by atoms with van der Waals surface area (Å²) in [4.78, 5) is 27.6. The first-order valence-electron chi connectivity index (χ1n) is 10.3. The molecule has 1 atom stereocenters. The Labute approximate surface area is 173 Å². The predicted octanol–water partition coefficient (Wildman–Crippen LogP) is 2.61. The molecule has 1 aromatic heterocycles. The maximum absolute atomic E-state index is 13.3. The summed E-state index contributed by atoms with van der Waals surface area (Å²) in [5.41, 5.74) is 1.53. The van der Waals surface area contributed by atoms with Gasteiger partial charge in [-0.25, -0.2) is 4.68 Å². The summed E-state index contributed by atoms with van der Waals surface area (Å²) in [6, 6.07) is 13.3. The van der Waals surface area contributed by atoms with Gasteiger partial charge in [0.15, 0.2) is 11.5 Å². The van der Waals surface area contributed by atoms with Crippen LogP contribution in [0.4, 0.5) is 0 Å². The van der Waals surface area contributed by atoms with Crippen LogP contribution in [0.5, 0.6) is 11.5 Å². The molecular weight excluding hydrogens is 382 g/mol. The highest BCUT2D eigenvalue weighted by Crippen LogP contribution is 2.38. The molecule has 7 nitrogen and oxygen atoms in total. The van der Waals surface area contributed by atoms with Crippen molar-refractivity contribution in [2.24, 2.45) is 7.05 Å². The molecule has 0 aliphatic carbocycles. The molecule has 2 aliphatic rings. The fourth-order valence-electron chi connectivity index (χ4n) is 4.43. The van der Waals surface area contributed by atoms with Gasteiger partial charge in [-0.2, -0.15) is 5.10 Å².